The third-order valence-electron chi connectivity index (χ3n) is 5.89. The van der Waals surface area contributed by atoms with Gasteiger partial charge in [0.15, 0.2) is 5.78 Å². The number of carbonyl (C=O) groups excluding carboxylic acids is 1. The molecule has 0 radical (unpaired) electrons. The lowest BCUT2D eigenvalue weighted by Gasteiger charge is -2.27. The lowest BCUT2D eigenvalue weighted by molar-refractivity contribution is 0.0992. The minimum absolute atomic E-state index is 0.0188. The van der Waals surface area contributed by atoms with E-state index in [0.717, 1.165) is 52.6 Å². The highest BCUT2D eigenvalue weighted by Crippen LogP contribution is 2.23. The van der Waals surface area contributed by atoms with Crippen LogP contribution in [-0.4, -0.2) is 56.6 Å². The topological polar surface area (TPSA) is 86.0 Å². The Morgan fingerprint density at radius 1 is 1.00 bits per heavy atom. The van der Waals surface area contributed by atoms with E-state index in [1.807, 2.05) is 49.1 Å². The number of aromatic nitrogens is 5. The van der Waals surface area contributed by atoms with E-state index in [0.29, 0.717) is 18.8 Å². The van der Waals surface area contributed by atoms with Crippen molar-refractivity contribution >= 4 is 22.4 Å². The fourth-order valence-electron chi connectivity index (χ4n) is 3.88. The quantitative estimate of drug-likeness (QED) is 0.452. The van der Waals surface area contributed by atoms with Gasteiger partial charge < -0.3 is 14.2 Å². The van der Waals surface area contributed by atoms with Gasteiger partial charge in [-0.25, -0.2) is 9.97 Å². The molecular formula is C24H24N6O2. The summed E-state index contributed by atoms with van der Waals surface area (Å²) in [6.07, 6.45) is 7.33. The molecule has 0 amide bonds. The normalized spacial score (nSPS) is 14.1. The van der Waals surface area contributed by atoms with Crippen molar-refractivity contribution in [2.45, 2.75) is 13.3 Å². The van der Waals surface area contributed by atoms with Gasteiger partial charge in [0.25, 0.3) is 0 Å². The summed E-state index contributed by atoms with van der Waals surface area (Å²) in [6.45, 7) is 4.88. The van der Waals surface area contributed by atoms with Crippen LogP contribution >= 0.6 is 0 Å². The highest BCUT2D eigenvalue weighted by molar-refractivity contribution is 5.98. The first-order valence-corrected chi connectivity index (χ1v) is 10.6. The van der Waals surface area contributed by atoms with Crippen LogP contribution in [0.5, 0.6) is 0 Å². The van der Waals surface area contributed by atoms with Crippen molar-refractivity contribution in [2.24, 2.45) is 7.05 Å². The number of carbonyl (C=O) groups is 1. The van der Waals surface area contributed by atoms with Crippen LogP contribution in [0, 0.1) is 6.92 Å². The maximum atomic E-state index is 13.0. The number of morpholine rings is 1. The SMILES string of the molecule is Cc1ncc(-c2cc3cc(CC(=O)c4ccnc(N5CCOCC5)c4)ncc3cn2)n1C. The molecule has 0 saturated carbocycles. The van der Waals surface area contributed by atoms with E-state index < -0.39 is 0 Å². The highest BCUT2D eigenvalue weighted by atomic mass is 16.5. The van der Waals surface area contributed by atoms with Gasteiger partial charge in [0.05, 0.1) is 37.2 Å². The molecule has 1 aliphatic rings. The van der Waals surface area contributed by atoms with E-state index in [4.69, 9.17) is 4.74 Å². The number of hydrogen-bond donors (Lipinski definition) is 0. The Kier molecular flexibility index (Phi) is 5.36. The summed E-state index contributed by atoms with van der Waals surface area (Å²) < 4.78 is 7.41. The van der Waals surface area contributed by atoms with Crippen molar-refractivity contribution in [3.05, 3.63) is 66.1 Å². The summed E-state index contributed by atoms with van der Waals surface area (Å²) in [5.41, 5.74) is 3.16. The number of hydrogen-bond acceptors (Lipinski definition) is 7. The van der Waals surface area contributed by atoms with Crippen LogP contribution in [0.15, 0.2) is 49.1 Å². The third-order valence-corrected chi connectivity index (χ3v) is 5.89. The van der Waals surface area contributed by atoms with Gasteiger partial charge in [-0.3, -0.25) is 14.8 Å². The predicted molar refractivity (Wildman–Crippen MR) is 122 cm³/mol. The Morgan fingerprint density at radius 3 is 2.59 bits per heavy atom. The van der Waals surface area contributed by atoms with Crippen molar-refractivity contribution in [1.82, 2.24) is 24.5 Å². The summed E-state index contributed by atoms with van der Waals surface area (Å²) >= 11 is 0. The second-order valence-corrected chi connectivity index (χ2v) is 7.94. The molecule has 0 aromatic carbocycles. The molecule has 0 unspecified atom stereocenters. The van der Waals surface area contributed by atoms with Gasteiger partial charge >= 0.3 is 0 Å². The van der Waals surface area contributed by atoms with Gasteiger partial charge in [0.1, 0.15) is 11.6 Å². The molecular weight excluding hydrogens is 404 g/mol. The van der Waals surface area contributed by atoms with Gasteiger partial charge in [-0.1, -0.05) is 0 Å². The third kappa shape index (κ3) is 3.97. The molecule has 8 heteroatoms. The molecule has 0 spiro atoms. The van der Waals surface area contributed by atoms with Crippen LogP contribution in [0.25, 0.3) is 22.2 Å². The molecule has 1 aliphatic heterocycles. The number of aryl methyl sites for hydroxylation is 1. The molecule has 32 heavy (non-hydrogen) atoms. The smallest absolute Gasteiger partial charge is 0.169 e. The summed E-state index contributed by atoms with van der Waals surface area (Å²) in [6, 6.07) is 7.61. The lowest BCUT2D eigenvalue weighted by atomic mass is 10.1. The molecule has 0 bridgehead atoms. The average molecular weight is 428 g/mol. The number of fused-ring (bicyclic) bond motifs is 1. The number of ketones is 1. The van der Waals surface area contributed by atoms with Crippen molar-refractivity contribution in [2.75, 3.05) is 31.2 Å². The Bertz CT molecular complexity index is 1290. The van der Waals surface area contributed by atoms with E-state index >= 15 is 0 Å². The van der Waals surface area contributed by atoms with Gasteiger partial charge in [0, 0.05) is 55.4 Å². The van der Waals surface area contributed by atoms with Crippen molar-refractivity contribution in [1.29, 1.82) is 0 Å². The maximum Gasteiger partial charge on any atom is 0.169 e. The molecule has 4 aromatic rings. The van der Waals surface area contributed by atoms with Crippen molar-refractivity contribution in [3.63, 3.8) is 0 Å². The first kappa shape index (κ1) is 20.3. The zero-order valence-electron chi connectivity index (χ0n) is 18.2. The minimum atomic E-state index is 0.0188. The maximum absolute atomic E-state index is 13.0. The Morgan fingerprint density at radius 2 is 1.81 bits per heavy atom. The predicted octanol–water partition coefficient (Wildman–Crippen LogP) is 3.00. The van der Waals surface area contributed by atoms with Crippen LogP contribution in [-0.2, 0) is 18.2 Å². The minimum Gasteiger partial charge on any atom is -0.378 e. The van der Waals surface area contributed by atoms with E-state index in [1.165, 1.54) is 0 Å². The van der Waals surface area contributed by atoms with E-state index in [-0.39, 0.29) is 12.2 Å². The Hall–Kier alpha value is -3.65. The first-order chi connectivity index (χ1) is 15.6. The molecule has 0 aliphatic carbocycles. The van der Waals surface area contributed by atoms with Gasteiger partial charge in [0.2, 0.25) is 0 Å². The van der Waals surface area contributed by atoms with E-state index in [9.17, 15) is 4.79 Å². The first-order valence-electron chi connectivity index (χ1n) is 10.6. The molecule has 5 rings (SSSR count). The van der Waals surface area contributed by atoms with Crippen LogP contribution < -0.4 is 4.90 Å². The number of rotatable bonds is 5. The number of nitrogens with zero attached hydrogens (tertiary/aromatic N) is 6. The zero-order valence-corrected chi connectivity index (χ0v) is 18.2. The number of anilines is 1. The van der Waals surface area contributed by atoms with Gasteiger partial charge in [-0.2, -0.15) is 0 Å². The Labute approximate surface area is 185 Å². The average Bonchev–Trinajstić information content (AvgIpc) is 3.17. The molecule has 1 saturated heterocycles. The molecule has 8 nitrogen and oxygen atoms in total. The number of ether oxygens (including phenoxy) is 1. The van der Waals surface area contributed by atoms with Crippen molar-refractivity contribution < 1.29 is 9.53 Å². The molecule has 162 valence electrons. The second kappa shape index (κ2) is 8.47. The highest BCUT2D eigenvalue weighted by Gasteiger charge is 2.16. The summed E-state index contributed by atoms with van der Waals surface area (Å²) in [7, 11) is 1.97. The molecule has 0 atom stereocenters. The summed E-state index contributed by atoms with van der Waals surface area (Å²) in [4.78, 5) is 33.0. The number of Topliss-reactive ketones (excluding diaryl/α,β-unsaturated/α-hetero) is 1. The summed E-state index contributed by atoms with van der Waals surface area (Å²) in [5, 5.41) is 1.93. The fraction of sp³-hybridized carbons (Fsp3) is 0.292. The van der Waals surface area contributed by atoms with Crippen LogP contribution in [0.4, 0.5) is 5.82 Å². The molecule has 0 N–H and O–H groups in total. The standard InChI is InChI=1S/C24H24N6O2/c1-16-26-15-22(29(16)2)21-10-18-9-20(27-13-19(18)14-28-21)12-23(31)17-3-4-25-24(11-17)30-5-7-32-8-6-30/h3-4,9-11,13-15H,5-8,12H2,1-2H3. The monoisotopic (exact) mass is 428 g/mol. The van der Waals surface area contributed by atoms with Crippen LogP contribution in [0.2, 0.25) is 0 Å². The summed E-state index contributed by atoms with van der Waals surface area (Å²) in [5.74, 6) is 1.76. The van der Waals surface area contributed by atoms with E-state index in [1.54, 1.807) is 18.5 Å². The second-order valence-electron chi connectivity index (χ2n) is 7.94. The Balaban J connectivity index is 1.39. The van der Waals surface area contributed by atoms with E-state index in [2.05, 4.69) is 24.8 Å². The molecule has 5 heterocycles. The van der Waals surface area contributed by atoms with Gasteiger partial charge in [-0.05, 0) is 36.6 Å². The van der Waals surface area contributed by atoms with Crippen molar-refractivity contribution in [3.8, 4) is 11.4 Å². The molecule has 1 fully saturated rings. The van der Waals surface area contributed by atoms with Crippen LogP contribution in [0.3, 0.4) is 0 Å². The van der Waals surface area contributed by atoms with Crippen LogP contribution in [0.1, 0.15) is 21.9 Å². The number of imidazole rings is 1. The fourth-order valence-corrected chi connectivity index (χ4v) is 3.88. The zero-order chi connectivity index (χ0) is 22.1. The largest absolute Gasteiger partial charge is 0.378 e. The lowest BCUT2D eigenvalue weighted by Crippen LogP contribution is -2.36. The van der Waals surface area contributed by atoms with Gasteiger partial charge in [-0.15, -0.1) is 0 Å². The molecule has 4 aromatic heterocycles. The number of pyridine rings is 3.